The van der Waals surface area contributed by atoms with Crippen LogP contribution in [0, 0.1) is 12.5 Å². The van der Waals surface area contributed by atoms with Crippen molar-refractivity contribution < 1.29 is 9.00 Å². The third kappa shape index (κ3) is 4.11. The molecule has 4 N–H and O–H groups in total. The van der Waals surface area contributed by atoms with Gasteiger partial charge in [-0.1, -0.05) is 13.8 Å². The normalized spacial score (nSPS) is 15.6. The van der Waals surface area contributed by atoms with Gasteiger partial charge in [0.25, 0.3) is 5.91 Å². The summed E-state index contributed by atoms with van der Waals surface area (Å²) in [6.45, 7) is 10.8. The molecule has 2 atom stereocenters. The van der Waals surface area contributed by atoms with Gasteiger partial charge in [-0.25, -0.2) is 14.2 Å². The second-order valence-corrected chi connectivity index (χ2v) is 6.97. The Balaban J connectivity index is 3.07. The van der Waals surface area contributed by atoms with Gasteiger partial charge in [0, 0.05) is 0 Å². The van der Waals surface area contributed by atoms with E-state index in [-0.39, 0.29) is 16.5 Å². The minimum absolute atomic E-state index is 0.0950. The molecular weight excluding hydrogens is 284 g/mol. The molecule has 1 heterocycles. The van der Waals surface area contributed by atoms with Crippen molar-refractivity contribution in [2.24, 2.45) is 21.2 Å². The van der Waals surface area contributed by atoms with Gasteiger partial charge in [-0.2, -0.15) is 11.3 Å². The quantitative estimate of drug-likeness (QED) is 0.830. The number of carbonyl (C=O) groups is 1. The van der Waals surface area contributed by atoms with Gasteiger partial charge in [-0.05, 0) is 23.1 Å². The Morgan fingerprint density at radius 2 is 2.21 bits per heavy atom. The fourth-order valence-corrected chi connectivity index (χ4v) is 3.76. The van der Waals surface area contributed by atoms with Crippen molar-refractivity contribution in [1.82, 2.24) is 0 Å². The highest BCUT2D eigenvalue weighted by Crippen LogP contribution is 2.28. The van der Waals surface area contributed by atoms with Gasteiger partial charge >= 0.3 is 0 Å². The number of thiophene rings is 1. The van der Waals surface area contributed by atoms with Gasteiger partial charge in [0.15, 0.2) is 0 Å². The largest absolute Gasteiger partial charge is 0.320 e. The Bertz CT molecular complexity index is 621. The van der Waals surface area contributed by atoms with E-state index in [0.29, 0.717) is 6.42 Å². The Morgan fingerprint density at radius 1 is 1.58 bits per heavy atom. The zero-order valence-corrected chi connectivity index (χ0v) is 12.3. The lowest BCUT2D eigenvalue weighted by atomic mass is 10.0. The fourth-order valence-electron chi connectivity index (χ4n) is 1.44. The van der Waals surface area contributed by atoms with Crippen molar-refractivity contribution >= 4 is 32.8 Å². The molecule has 1 aromatic heterocycles. The number of rotatable bonds is 4. The first-order valence-corrected chi connectivity index (χ1v) is 8.08. The first-order chi connectivity index (χ1) is 8.77. The highest BCUT2D eigenvalue weighted by Gasteiger charge is 2.20. The third-order valence-electron chi connectivity index (χ3n) is 2.31. The number of carbonyl (C=O) groups excluding carboxylic acids is 1. The lowest BCUT2D eigenvalue weighted by Gasteiger charge is -2.10. The van der Waals surface area contributed by atoms with Gasteiger partial charge in [0.2, 0.25) is 5.69 Å². The van der Waals surface area contributed by atoms with E-state index in [1.165, 1.54) is 22.1 Å². The summed E-state index contributed by atoms with van der Waals surface area (Å²) in [4.78, 5) is 15.1. The van der Waals surface area contributed by atoms with E-state index in [4.69, 9.17) is 17.4 Å². The van der Waals surface area contributed by atoms with Gasteiger partial charge in [-0.3, -0.25) is 4.79 Å². The predicted molar refractivity (Wildman–Crippen MR) is 76.0 cm³/mol. The average molecular weight is 300 g/mol. The first kappa shape index (κ1) is 15.8. The lowest BCUT2D eigenvalue weighted by molar-refractivity contribution is -0.119. The van der Waals surface area contributed by atoms with Crippen molar-refractivity contribution in [2.45, 2.75) is 31.2 Å². The van der Waals surface area contributed by atoms with Crippen LogP contribution in [-0.2, 0) is 14.7 Å². The van der Waals surface area contributed by atoms with Crippen LogP contribution < -0.4 is 10.9 Å². The summed E-state index contributed by atoms with van der Waals surface area (Å²) in [5, 5.41) is 8.57. The molecule has 0 saturated heterocycles. The van der Waals surface area contributed by atoms with Crippen molar-refractivity contribution in [3.8, 4) is 0 Å². The molecule has 0 bridgehead atoms. The minimum atomic E-state index is -3.40. The van der Waals surface area contributed by atoms with Crippen LogP contribution in [0.4, 0.5) is 5.69 Å². The molecule has 0 aliphatic heterocycles. The van der Waals surface area contributed by atoms with E-state index in [1.807, 2.05) is 13.8 Å². The maximum atomic E-state index is 12.2. The Hall–Kier alpha value is -1.27. The van der Waals surface area contributed by atoms with Gasteiger partial charge < -0.3 is 5.73 Å². The molecule has 19 heavy (non-hydrogen) atoms. The van der Waals surface area contributed by atoms with E-state index < -0.39 is 21.9 Å². The van der Waals surface area contributed by atoms with Crippen LogP contribution in [0.2, 0.25) is 0 Å². The average Bonchev–Trinajstić information content (AvgIpc) is 2.76. The molecule has 6 nitrogen and oxygen atoms in total. The zero-order valence-electron chi connectivity index (χ0n) is 10.7. The van der Waals surface area contributed by atoms with Crippen molar-refractivity contribution in [1.29, 1.82) is 0 Å². The van der Waals surface area contributed by atoms with E-state index in [9.17, 15) is 9.00 Å². The summed E-state index contributed by atoms with van der Waals surface area (Å²) in [6.07, 6.45) is 0.442. The molecule has 1 aromatic rings. The van der Waals surface area contributed by atoms with E-state index in [0.717, 1.165) is 0 Å². The SMILES string of the molecule is [C-]#[N+]c1cscc1S(N)(=O)=NC(=O)[C@@H](N)CC(C)C. The maximum absolute atomic E-state index is 12.2. The molecule has 0 radical (unpaired) electrons. The molecule has 104 valence electrons. The molecule has 0 saturated carbocycles. The summed E-state index contributed by atoms with van der Waals surface area (Å²) >= 11 is 1.19. The molecule has 1 amide bonds. The minimum Gasteiger partial charge on any atom is -0.320 e. The summed E-state index contributed by atoms with van der Waals surface area (Å²) in [5.74, 6) is -0.466. The number of hydrogen-bond acceptors (Lipinski definition) is 4. The van der Waals surface area contributed by atoms with Crippen molar-refractivity contribution in [2.75, 3.05) is 0 Å². The molecular formula is C11H16N4O2S2. The van der Waals surface area contributed by atoms with E-state index in [1.54, 1.807) is 0 Å². The number of amides is 1. The number of nitrogens with two attached hydrogens (primary N) is 2. The molecule has 1 rings (SSSR count). The standard InChI is InChI=1S/C11H16N4O2S2/c1-7(2)4-8(12)11(16)15-19(13,17)10-6-18-5-9(10)14-3/h5-8H,4,12H2,1-2H3,(H2,13,15,16,17)/t8-,19?/m0/s1. The monoisotopic (exact) mass is 300 g/mol. The summed E-state index contributed by atoms with van der Waals surface area (Å²) in [7, 11) is -3.40. The molecule has 1 unspecified atom stereocenters. The number of hydrogen-bond donors (Lipinski definition) is 2. The van der Waals surface area contributed by atoms with Gasteiger partial charge in [-0.15, -0.1) is 4.36 Å². The van der Waals surface area contributed by atoms with Crippen LogP contribution in [0.1, 0.15) is 20.3 Å². The van der Waals surface area contributed by atoms with Gasteiger partial charge in [0.1, 0.15) is 9.92 Å². The van der Waals surface area contributed by atoms with Crippen LogP contribution in [0.5, 0.6) is 0 Å². The van der Waals surface area contributed by atoms with Crippen LogP contribution in [0.25, 0.3) is 4.85 Å². The van der Waals surface area contributed by atoms with E-state index >= 15 is 0 Å². The van der Waals surface area contributed by atoms with Gasteiger partial charge in [0.05, 0.1) is 17.5 Å². The van der Waals surface area contributed by atoms with E-state index in [2.05, 4.69) is 9.21 Å². The molecule has 0 spiro atoms. The number of nitrogens with zero attached hydrogens (tertiary/aromatic N) is 2. The summed E-state index contributed by atoms with van der Waals surface area (Å²) in [5.41, 5.74) is 5.83. The van der Waals surface area contributed by atoms with Crippen molar-refractivity contribution in [3.05, 3.63) is 22.2 Å². The smallest absolute Gasteiger partial charge is 0.271 e. The van der Waals surface area contributed by atoms with Crippen LogP contribution >= 0.6 is 11.3 Å². The molecule has 0 aromatic carbocycles. The molecule has 0 fully saturated rings. The topological polar surface area (TPSA) is 103 Å². The predicted octanol–water partition coefficient (Wildman–Crippen LogP) is 1.90. The second-order valence-electron chi connectivity index (χ2n) is 4.47. The lowest BCUT2D eigenvalue weighted by Crippen LogP contribution is -2.32. The Labute approximate surface area is 116 Å². The third-order valence-corrected chi connectivity index (χ3v) is 4.60. The first-order valence-electron chi connectivity index (χ1n) is 5.56. The molecule has 0 aliphatic carbocycles. The highest BCUT2D eigenvalue weighted by molar-refractivity contribution is 7.92. The summed E-state index contributed by atoms with van der Waals surface area (Å²) < 4.78 is 15.7. The van der Waals surface area contributed by atoms with Crippen LogP contribution in [0.15, 0.2) is 20.0 Å². The Kier molecular flexibility index (Phi) is 5.20. The fraction of sp³-hybridized carbons (Fsp3) is 0.455. The van der Waals surface area contributed by atoms with Crippen LogP contribution in [-0.4, -0.2) is 16.2 Å². The van der Waals surface area contributed by atoms with Crippen LogP contribution in [0.3, 0.4) is 0 Å². The molecule has 8 heteroatoms. The van der Waals surface area contributed by atoms with Crippen molar-refractivity contribution in [3.63, 3.8) is 0 Å². The summed E-state index contributed by atoms with van der Waals surface area (Å²) in [6, 6.07) is -0.820. The second kappa shape index (κ2) is 6.25. The highest BCUT2D eigenvalue weighted by atomic mass is 32.2. The molecule has 0 aliphatic rings. The maximum Gasteiger partial charge on any atom is 0.271 e. The Morgan fingerprint density at radius 3 is 2.74 bits per heavy atom. The zero-order chi connectivity index (χ0) is 14.6.